The second kappa shape index (κ2) is 10.7. The first-order valence-corrected chi connectivity index (χ1v) is 11.7. The Balaban J connectivity index is 1.40. The molecular formula is C28H28ClN3O3. The van der Waals surface area contributed by atoms with Gasteiger partial charge < -0.3 is 14.8 Å². The zero-order chi connectivity index (χ0) is 24.9. The Bertz CT molecular complexity index is 1350. The summed E-state index contributed by atoms with van der Waals surface area (Å²) in [7, 11) is 1.65. The number of aromatic nitrogens is 2. The molecule has 1 N–H and O–H groups in total. The highest BCUT2D eigenvalue weighted by Crippen LogP contribution is 2.24. The fourth-order valence-electron chi connectivity index (χ4n) is 3.79. The van der Waals surface area contributed by atoms with Crippen molar-refractivity contribution in [2.24, 2.45) is 0 Å². The van der Waals surface area contributed by atoms with Crippen LogP contribution in [0, 0.1) is 20.8 Å². The predicted molar refractivity (Wildman–Crippen MR) is 139 cm³/mol. The van der Waals surface area contributed by atoms with E-state index in [9.17, 15) is 4.79 Å². The largest absolute Gasteiger partial charge is 0.497 e. The average Bonchev–Trinajstić information content (AvgIpc) is 3.12. The van der Waals surface area contributed by atoms with Gasteiger partial charge in [-0.1, -0.05) is 35.9 Å². The number of benzene rings is 3. The summed E-state index contributed by atoms with van der Waals surface area (Å²) >= 11 is 6.07. The Morgan fingerprint density at radius 1 is 0.971 bits per heavy atom. The molecule has 0 fully saturated rings. The molecule has 0 saturated heterocycles. The summed E-state index contributed by atoms with van der Waals surface area (Å²) in [6, 6.07) is 20.8. The molecular weight excluding hydrogens is 462 g/mol. The summed E-state index contributed by atoms with van der Waals surface area (Å²) in [5.41, 5.74) is 5.95. The lowest BCUT2D eigenvalue weighted by Gasteiger charge is -2.10. The number of aryl methyl sites for hydroxylation is 2. The van der Waals surface area contributed by atoms with Crippen molar-refractivity contribution in [2.75, 3.05) is 12.4 Å². The maximum atomic E-state index is 12.9. The lowest BCUT2D eigenvalue weighted by molar-refractivity contribution is 0.102. The number of nitrogens with zero attached hydrogens (tertiary/aromatic N) is 2. The lowest BCUT2D eigenvalue weighted by Crippen LogP contribution is -2.13. The van der Waals surface area contributed by atoms with Gasteiger partial charge in [0.25, 0.3) is 5.91 Å². The van der Waals surface area contributed by atoms with E-state index in [2.05, 4.69) is 10.4 Å². The van der Waals surface area contributed by atoms with Crippen LogP contribution in [0.1, 0.15) is 38.4 Å². The van der Waals surface area contributed by atoms with Crippen LogP contribution in [0.15, 0.2) is 66.7 Å². The Hall–Kier alpha value is -3.77. The second-order valence-electron chi connectivity index (χ2n) is 8.41. The molecule has 4 aromatic rings. The van der Waals surface area contributed by atoms with Gasteiger partial charge in [-0.2, -0.15) is 5.10 Å². The summed E-state index contributed by atoms with van der Waals surface area (Å²) < 4.78 is 13.0. The molecule has 3 aromatic carbocycles. The smallest absolute Gasteiger partial charge is 0.255 e. The molecule has 35 heavy (non-hydrogen) atoms. The molecule has 0 aliphatic heterocycles. The Kier molecular flexibility index (Phi) is 7.42. The highest BCUT2D eigenvalue weighted by molar-refractivity contribution is 6.31. The molecule has 7 heteroatoms. The zero-order valence-electron chi connectivity index (χ0n) is 20.3. The number of amides is 1. The first kappa shape index (κ1) is 24.4. The molecule has 0 spiro atoms. The van der Waals surface area contributed by atoms with Crippen molar-refractivity contribution in [1.29, 1.82) is 0 Å². The van der Waals surface area contributed by atoms with E-state index in [0.29, 0.717) is 23.7 Å². The van der Waals surface area contributed by atoms with E-state index in [0.717, 1.165) is 45.3 Å². The van der Waals surface area contributed by atoms with Gasteiger partial charge >= 0.3 is 0 Å². The van der Waals surface area contributed by atoms with Crippen LogP contribution in [-0.4, -0.2) is 22.8 Å². The average molecular weight is 490 g/mol. The molecule has 6 nitrogen and oxygen atoms in total. The number of hydrogen-bond acceptors (Lipinski definition) is 4. The van der Waals surface area contributed by atoms with Crippen LogP contribution in [0.5, 0.6) is 11.5 Å². The molecule has 0 aliphatic carbocycles. The maximum absolute atomic E-state index is 12.9. The highest BCUT2D eigenvalue weighted by Gasteiger charge is 2.16. The van der Waals surface area contributed by atoms with Crippen molar-refractivity contribution < 1.29 is 14.3 Å². The minimum atomic E-state index is -0.182. The van der Waals surface area contributed by atoms with Gasteiger partial charge in [0, 0.05) is 10.6 Å². The van der Waals surface area contributed by atoms with Crippen LogP contribution in [0.3, 0.4) is 0 Å². The number of nitrogens with one attached hydrogen (secondary N) is 1. The van der Waals surface area contributed by atoms with Crippen molar-refractivity contribution in [1.82, 2.24) is 9.78 Å². The van der Waals surface area contributed by atoms with Crippen molar-refractivity contribution in [3.63, 3.8) is 0 Å². The van der Waals surface area contributed by atoms with E-state index < -0.39 is 0 Å². The SMILES string of the molecule is COc1cccc(Cn2nc(C)c(NC(=O)c3ccc(COc4ccc(Cl)c(C)c4)cc3)c2C)c1. The monoisotopic (exact) mass is 489 g/mol. The molecule has 0 aliphatic rings. The lowest BCUT2D eigenvalue weighted by atomic mass is 10.1. The van der Waals surface area contributed by atoms with Crippen LogP contribution in [0.2, 0.25) is 5.02 Å². The normalized spacial score (nSPS) is 10.8. The number of rotatable bonds is 8. The minimum absolute atomic E-state index is 0.182. The Morgan fingerprint density at radius 2 is 1.74 bits per heavy atom. The Morgan fingerprint density at radius 3 is 2.46 bits per heavy atom. The van der Waals surface area contributed by atoms with Crippen LogP contribution < -0.4 is 14.8 Å². The molecule has 0 saturated carbocycles. The van der Waals surface area contributed by atoms with Crippen molar-refractivity contribution in [3.8, 4) is 11.5 Å². The second-order valence-corrected chi connectivity index (χ2v) is 8.81. The van der Waals surface area contributed by atoms with Gasteiger partial charge in [0.1, 0.15) is 18.1 Å². The van der Waals surface area contributed by atoms with Gasteiger partial charge in [-0.3, -0.25) is 9.48 Å². The van der Waals surface area contributed by atoms with Gasteiger partial charge in [-0.05, 0) is 79.9 Å². The molecule has 4 rings (SSSR count). The minimum Gasteiger partial charge on any atom is -0.497 e. The Labute approximate surface area is 210 Å². The van der Waals surface area contributed by atoms with E-state index >= 15 is 0 Å². The first-order valence-electron chi connectivity index (χ1n) is 11.3. The van der Waals surface area contributed by atoms with Gasteiger partial charge in [0.05, 0.1) is 30.7 Å². The summed E-state index contributed by atoms with van der Waals surface area (Å²) in [5, 5.41) is 8.36. The number of ether oxygens (including phenoxy) is 2. The van der Waals surface area contributed by atoms with Crippen LogP contribution in [-0.2, 0) is 13.2 Å². The van der Waals surface area contributed by atoms with Crippen molar-refractivity contribution in [2.45, 2.75) is 33.9 Å². The summed E-state index contributed by atoms with van der Waals surface area (Å²) in [4.78, 5) is 12.9. The van der Waals surface area contributed by atoms with Crippen LogP contribution in [0.4, 0.5) is 5.69 Å². The topological polar surface area (TPSA) is 65.4 Å². The molecule has 1 amide bonds. The molecule has 1 heterocycles. The molecule has 0 radical (unpaired) electrons. The van der Waals surface area contributed by atoms with E-state index in [1.165, 1.54) is 0 Å². The van der Waals surface area contributed by atoms with Crippen molar-refractivity contribution >= 4 is 23.2 Å². The standard InChI is InChI=1S/C28H28ClN3O3/c1-18-14-25(12-13-26(18)29)35-17-21-8-10-23(11-9-21)28(33)30-27-19(2)31-32(20(27)3)16-22-6-5-7-24(15-22)34-4/h5-15H,16-17H2,1-4H3,(H,30,33). The third-order valence-electron chi connectivity index (χ3n) is 5.84. The van der Waals surface area contributed by atoms with Crippen LogP contribution in [0.25, 0.3) is 0 Å². The molecule has 180 valence electrons. The van der Waals surface area contributed by atoms with Gasteiger partial charge in [0.2, 0.25) is 0 Å². The fourth-order valence-corrected chi connectivity index (χ4v) is 3.90. The third-order valence-corrected chi connectivity index (χ3v) is 6.26. The maximum Gasteiger partial charge on any atom is 0.255 e. The van der Waals surface area contributed by atoms with Gasteiger partial charge in [0.15, 0.2) is 0 Å². The quantitative estimate of drug-likeness (QED) is 0.313. The van der Waals surface area contributed by atoms with Crippen LogP contribution >= 0.6 is 11.6 Å². The van der Waals surface area contributed by atoms with E-state index in [1.807, 2.05) is 80.1 Å². The summed E-state index contributed by atoms with van der Waals surface area (Å²) in [5.74, 6) is 1.37. The molecule has 0 atom stereocenters. The predicted octanol–water partition coefficient (Wildman–Crippen LogP) is 6.35. The number of carbonyl (C=O) groups is 1. The summed E-state index contributed by atoms with van der Waals surface area (Å²) in [6.45, 7) is 6.77. The fraction of sp³-hybridized carbons (Fsp3) is 0.214. The number of halogens is 1. The molecule has 0 unspecified atom stereocenters. The van der Waals surface area contributed by atoms with Crippen molar-refractivity contribution in [3.05, 3.63) is 105 Å². The number of anilines is 1. The molecule has 0 bridgehead atoms. The summed E-state index contributed by atoms with van der Waals surface area (Å²) in [6.07, 6.45) is 0. The van der Waals surface area contributed by atoms with E-state index in [4.69, 9.17) is 21.1 Å². The zero-order valence-corrected chi connectivity index (χ0v) is 21.0. The number of hydrogen-bond donors (Lipinski definition) is 1. The van der Waals surface area contributed by atoms with Gasteiger partial charge in [-0.25, -0.2) is 0 Å². The molecule has 1 aromatic heterocycles. The van der Waals surface area contributed by atoms with Gasteiger partial charge in [-0.15, -0.1) is 0 Å². The number of methoxy groups -OCH3 is 1. The van der Waals surface area contributed by atoms with E-state index in [1.54, 1.807) is 19.2 Å². The third kappa shape index (κ3) is 5.84. The number of carbonyl (C=O) groups excluding carboxylic acids is 1. The van der Waals surface area contributed by atoms with E-state index in [-0.39, 0.29) is 5.91 Å². The first-order chi connectivity index (χ1) is 16.8. The highest BCUT2D eigenvalue weighted by atomic mass is 35.5.